The van der Waals surface area contributed by atoms with Gasteiger partial charge in [0, 0.05) is 17.3 Å². The van der Waals surface area contributed by atoms with Crippen LogP contribution in [0.3, 0.4) is 0 Å². The van der Waals surface area contributed by atoms with E-state index in [0.29, 0.717) is 12.1 Å². The summed E-state index contributed by atoms with van der Waals surface area (Å²) in [5.41, 5.74) is 4.12. The molecule has 0 unspecified atom stereocenters. The van der Waals surface area contributed by atoms with Gasteiger partial charge in [-0.25, -0.2) is 14.2 Å². The monoisotopic (exact) mass is 474 g/mol. The maximum absolute atomic E-state index is 13.5. The van der Waals surface area contributed by atoms with Gasteiger partial charge in [-0.1, -0.05) is 75.1 Å². The van der Waals surface area contributed by atoms with Crippen LogP contribution >= 0.6 is 0 Å². The smallest absolute Gasteiger partial charge is 0.336 e. The van der Waals surface area contributed by atoms with Gasteiger partial charge in [0.15, 0.2) is 0 Å². The Balaban J connectivity index is 1.66. The van der Waals surface area contributed by atoms with Crippen molar-refractivity contribution in [1.29, 1.82) is 0 Å². The number of imidazole rings is 1. The lowest BCUT2D eigenvalue weighted by molar-refractivity contribution is 0.0697. The SMILES string of the molecule is CCCCc1c(C)n(C(=O)C2CCCCC2)c(=O)n1Cc1ccc(-c2ccccc2C(=O)O)cc1. The summed E-state index contributed by atoms with van der Waals surface area (Å²) in [6, 6.07) is 14.6. The minimum Gasteiger partial charge on any atom is -0.478 e. The van der Waals surface area contributed by atoms with Crippen LogP contribution in [0.1, 0.15) is 84.0 Å². The predicted octanol–water partition coefficient (Wildman–Crippen LogP) is 5.93. The topological polar surface area (TPSA) is 81.3 Å². The van der Waals surface area contributed by atoms with E-state index in [1.54, 1.807) is 22.8 Å². The van der Waals surface area contributed by atoms with Gasteiger partial charge < -0.3 is 5.11 Å². The van der Waals surface area contributed by atoms with Crippen molar-refractivity contribution in [2.24, 2.45) is 5.92 Å². The van der Waals surface area contributed by atoms with Crippen molar-refractivity contribution in [3.05, 3.63) is 81.5 Å². The van der Waals surface area contributed by atoms with Crippen molar-refractivity contribution in [2.75, 3.05) is 0 Å². The number of nitrogens with zero attached hydrogens (tertiary/aromatic N) is 2. The molecule has 6 heteroatoms. The number of carboxylic acid groups (broad SMARTS) is 1. The Bertz CT molecular complexity index is 1260. The predicted molar refractivity (Wildman–Crippen MR) is 137 cm³/mol. The summed E-state index contributed by atoms with van der Waals surface area (Å²) in [6.07, 6.45) is 7.69. The average molecular weight is 475 g/mol. The largest absolute Gasteiger partial charge is 0.478 e. The van der Waals surface area contributed by atoms with Gasteiger partial charge >= 0.3 is 11.7 Å². The van der Waals surface area contributed by atoms with Crippen molar-refractivity contribution in [2.45, 2.75) is 71.8 Å². The molecule has 3 aromatic rings. The van der Waals surface area contributed by atoms with Gasteiger partial charge in [-0.3, -0.25) is 9.36 Å². The van der Waals surface area contributed by atoms with Crippen LogP contribution in [-0.4, -0.2) is 26.1 Å². The van der Waals surface area contributed by atoms with Gasteiger partial charge in [0.2, 0.25) is 5.91 Å². The molecule has 4 rings (SSSR count). The van der Waals surface area contributed by atoms with Crippen LogP contribution in [0.25, 0.3) is 11.1 Å². The van der Waals surface area contributed by atoms with E-state index in [2.05, 4.69) is 6.92 Å². The summed E-state index contributed by atoms with van der Waals surface area (Å²) in [7, 11) is 0. The van der Waals surface area contributed by atoms with Crippen molar-refractivity contribution < 1.29 is 14.7 Å². The molecule has 1 heterocycles. The minimum absolute atomic E-state index is 0.0516. The Morgan fingerprint density at radius 1 is 1.00 bits per heavy atom. The van der Waals surface area contributed by atoms with Gasteiger partial charge in [-0.05, 0) is 55.4 Å². The standard InChI is InChI=1S/C29H34N2O4/c1-3-4-14-26-20(2)31(27(32)23-10-6-5-7-11-23)29(35)30(26)19-21-15-17-22(18-16-21)24-12-8-9-13-25(24)28(33)34/h8-9,12-13,15-18,23H,3-7,10-11,14,19H2,1-2H3,(H,33,34). The third-order valence-electron chi connectivity index (χ3n) is 7.21. The molecule has 1 aromatic heterocycles. The zero-order valence-corrected chi connectivity index (χ0v) is 20.6. The second kappa shape index (κ2) is 10.9. The Morgan fingerprint density at radius 2 is 1.69 bits per heavy atom. The number of benzene rings is 2. The summed E-state index contributed by atoms with van der Waals surface area (Å²) < 4.78 is 3.18. The van der Waals surface area contributed by atoms with Gasteiger partial charge in [0.1, 0.15) is 0 Å². The number of rotatable bonds is 8. The van der Waals surface area contributed by atoms with Gasteiger partial charge in [-0.2, -0.15) is 0 Å². The molecule has 0 saturated heterocycles. The molecule has 1 aliphatic carbocycles. The van der Waals surface area contributed by atoms with E-state index in [1.807, 2.05) is 37.3 Å². The summed E-state index contributed by atoms with van der Waals surface area (Å²) in [5.74, 6) is -1.08. The fourth-order valence-corrected chi connectivity index (χ4v) is 5.21. The number of aromatic carboxylic acids is 1. The lowest BCUT2D eigenvalue weighted by Crippen LogP contribution is -2.34. The number of carboxylic acids is 1. The minimum atomic E-state index is -0.962. The summed E-state index contributed by atoms with van der Waals surface area (Å²) in [4.78, 5) is 38.4. The third kappa shape index (κ3) is 5.16. The summed E-state index contributed by atoms with van der Waals surface area (Å²) in [5, 5.41) is 9.51. The second-order valence-corrected chi connectivity index (χ2v) is 9.56. The van der Waals surface area contributed by atoms with Crippen LogP contribution in [0, 0.1) is 12.8 Å². The molecule has 1 fully saturated rings. The molecule has 184 valence electrons. The van der Waals surface area contributed by atoms with Crippen LogP contribution in [-0.2, 0) is 13.0 Å². The number of hydrogen-bond donors (Lipinski definition) is 1. The lowest BCUT2D eigenvalue weighted by Gasteiger charge is -2.20. The van der Waals surface area contributed by atoms with Crippen molar-refractivity contribution in [3.8, 4) is 11.1 Å². The fourth-order valence-electron chi connectivity index (χ4n) is 5.21. The normalized spacial score (nSPS) is 14.2. The van der Waals surface area contributed by atoms with E-state index in [-0.39, 0.29) is 23.1 Å². The van der Waals surface area contributed by atoms with E-state index in [1.165, 1.54) is 4.57 Å². The highest BCUT2D eigenvalue weighted by Crippen LogP contribution is 2.27. The molecule has 1 saturated carbocycles. The Labute approximate surface area is 206 Å². The first-order valence-corrected chi connectivity index (χ1v) is 12.7. The first-order chi connectivity index (χ1) is 16.9. The number of carbonyl (C=O) groups excluding carboxylic acids is 1. The van der Waals surface area contributed by atoms with Crippen molar-refractivity contribution in [1.82, 2.24) is 9.13 Å². The molecule has 1 aliphatic rings. The summed E-state index contributed by atoms with van der Waals surface area (Å²) >= 11 is 0. The van der Waals surface area contributed by atoms with Crippen molar-refractivity contribution >= 4 is 11.9 Å². The molecule has 2 aromatic carbocycles. The van der Waals surface area contributed by atoms with Crippen LogP contribution < -0.4 is 5.69 Å². The molecule has 0 atom stereocenters. The molecule has 0 spiro atoms. The highest BCUT2D eigenvalue weighted by Gasteiger charge is 2.28. The molecule has 0 radical (unpaired) electrons. The number of unbranched alkanes of at least 4 members (excludes halogenated alkanes) is 1. The quantitative estimate of drug-likeness (QED) is 0.438. The van der Waals surface area contributed by atoms with Gasteiger partial charge in [-0.15, -0.1) is 0 Å². The van der Waals surface area contributed by atoms with Gasteiger partial charge in [0.25, 0.3) is 0 Å². The van der Waals surface area contributed by atoms with Crippen LogP contribution in [0.2, 0.25) is 0 Å². The number of carbonyl (C=O) groups is 2. The van der Waals surface area contributed by atoms with E-state index in [9.17, 15) is 19.5 Å². The zero-order valence-electron chi connectivity index (χ0n) is 20.6. The zero-order chi connectivity index (χ0) is 24.9. The highest BCUT2D eigenvalue weighted by atomic mass is 16.4. The molecule has 6 nitrogen and oxygen atoms in total. The molecule has 0 aliphatic heterocycles. The van der Waals surface area contributed by atoms with Crippen LogP contribution in [0.15, 0.2) is 53.3 Å². The molecular formula is C29H34N2O4. The third-order valence-corrected chi connectivity index (χ3v) is 7.21. The lowest BCUT2D eigenvalue weighted by atomic mass is 9.88. The fraction of sp³-hybridized carbons (Fsp3) is 0.414. The molecule has 0 bridgehead atoms. The number of hydrogen-bond acceptors (Lipinski definition) is 3. The molecule has 1 N–H and O–H groups in total. The van der Waals surface area contributed by atoms with E-state index >= 15 is 0 Å². The Morgan fingerprint density at radius 3 is 2.34 bits per heavy atom. The Hall–Kier alpha value is -3.41. The van der Waals surface area contributed by atoms with Crippen molar-refractivity contribution in [3.63, 3.8) is 0 Å². The maximum Gasteiger partial charge on any atom is 0.336 e. The first kappa shape index (κ1) is 24.7. The van der Waals surface area contributed by atoms with Gasteiger partial charge in [0.05, 0.1) is 12.1 Å². The highest BCUT2D eigenvalue weighted by molar-refractivity contribution is 5.96. The van der Waals surface area contributed by atoms with E-state index < -0.39 is 5.97 Å². The van der Waals surface area contributed by atoms with E-state index in [0.717, 1.165) is 73.9 Å². The Kier molecular flexibility index (Phi) is 7.69. The van der Waals surface area contributed by atoms with Crippen LogP contribution in [0.5, 0.6) is 0 Å². The van der Waals surface area contributed by atoms with E-state index in [4.69, 9.17) is 0 Å². The number of aromatic nitrogens is 2. The summed E-state index contributed by atoms with van der Waals surface area (Å²) in [6.45, 7) is 4.40. The first-order valence-electron chi connectivity index (χ1n) is 12.7. The second-order valence-electron chi connectivity index (χ2n) is 9.56. The molecule has 0 amide bonds. The molecular weight excluding hydrogens is 440 g/mol. The molecule has 35 heavy (non-hydrogen) atoms. The van der Waals surface area contributed by atoms with Crippen LogP contribution in [0.4, 0.5) is 0 Å². The maximum atomic E-state index is 13.5. The average Bonchev–Trinajstić information content (AvgIpc) is 3.11.